The lowest BCUT2D eigenvalue weighted by molar-refractivity contribution is -0.135. The van der Waals surface area contributed by atoms with Gasteiger partial charge in [-0.05, 0) is 20.1 Å². The number of carbonyl (C=O) groups is 1. The Hall–Kier alpha value is -0.900. The van der Waals surface area contributed by atoms with Gasteiger partial charge in [-0.15, -0.1) is 11.8 Å². The maximum atomic E-state index is 11.3. The lowest BCUT2D eigenvalue weighted by Crippen LogP contribution is -2.01. The summed E-state index contributed by atoms with van der Waals surface area (Å²) in [5.41, 5.74) is 1.50. The topological polar surface area (TPSA) is 35.5 Å². The van der Waals surface area contributed by atoms with E-state index in [4.69, 9.17) is 9.47 Å². The van der Waals surface area contributed by atoms with Crippen LogP contribution < -0.4 is 0 Å². The maximum absolute atomic E-state index is 11.3. The summed E-state index contributed by atoms with van der Waals surface area (Å²) in [7, 11) is 0. The summed E-state index contributed by atoms with van der Waals surface area (Å²) in [6, 6.07) is 0. The largest absolute Gasteiger partial charge is 0.487 e. The van der Waals surface area contributed by atoms with Crippen LogP contribution in [0.3, 0.4) is 0 Å². The summed E-state index contributed by atoms with van der Waals surface area (Å²) in [5, 5.41) is 0. The summed E-state index contributed by atoms with van der Waals surface area (Å²) in [4.78, 5) is 11.3. The maximum Gasteiger partial charge on any atom is 0.342 e. The summed E-state index contributed by atoms with van der Waals surface area (Å²) >= 11 is 1.57. The third-order valence-electron chi connectivity index (χ3n) is 1.98. The molecular formula is C10H14O3S. The molecule has 0 aromatic rings. The van der Waals surface area contributed by atoms with E-state index in [9.17, 15) is 4.79 Å². The summed E-state index contributed by atoms with van der Waals surface area (Å²) in [5.74, 6) is 0.922. The first-order valence-corrected chi connectivity index (χ1v) is 5.75. The Morgan fingerprint density at radius 1 is 1.71 bits per heavy atom. The van der Waals surface area contributed by atoms with Crippen LogP contribution in [-0.4, -0.2) is 24.8 Å². The molecule has 4 heteroatoms. The summed E-state index contributed by atoms with van der Waals surface area (Å²) < 4.78 is 10.3. The quantitative estimate of drug-likeness (QED) is 0.312. The first-order chi connectivity index (χ1) is 6.70. The smallest absolute Gasteiger partial charge is 0.342 e. The van der Waals surface area contributed by atoms with E-state index >= 15 is 0 Å². The van der Waals surface area contributed by atoms with Crippen molar-refractivity contribution in [2.45, 2.75) is 13.8 Å². The van der Waals surface area contributed by atoms with Crippen LogP contribution in [0.4, 0.5) is 0 Å². The zero-order valence-electron chi connectivity index (χ0n) is 8.62. The van der Waals surface area contributed by atoms with E-state index in [2.05, 4.69) is 0 Å². The minimum atomic E-state index is -0.281. The molecule has 0 bridgehead atoms. The van der Waals surface area contributed by atoms with Crippen molar-refractivity contribution < 1.29 is 14.3 Å². The number of ether oxygens (including phenoxy) is 2. The molecule has 1 fully saturated rings. The van der Waals surface area contributed by atoms with Gasteiger partial charge in [0.15, 0.2) is 0 Å². The molecule has 1 saturated heterocycles. The second-order valence-corrected chi connectivity index (χ2v) is 3.69. The average Bonchev–Trinajstić information content (AvgIpc) is 2.56. The molecule has 1 heterocycles. The Kier molecular flexibility index (Phi) is 4.07. The highest BCUT2D eigenvalue weighted by molar-refractivity contribution is 7.98. The minimum Gasteiger partial charge on any atom is -0.487 e. The van der Waals surface area contributed by atoms with Crippen molar-refractivity contribution >= 4 is 17.7 Å². The molecule has 0 aliphatic carbocycles. The fourth-order valence-electron chi connectivity index (χ4n) is 1.24. The Labute approximate surface area is 88.2 Å². The van der Waals surface area contributed by atoms with Crippen molar-refractivity contribution in [2.24, 2.45) is 0 Å². The average molecular weight is 214 g/mol. The number of carbonyl (C=O) groups excluding carboxylic acids is 1. The molecule has 0 radical (unpaired) electrons. The minimum absolute atomic E-state index is 0.281. The normalized spacial score (nSPS) is 22.5. The van der Waals surface area contributed by atoms with Crippen LogP contribution >= 0.6 is 11.8 Å². The van der Waals surface area contributed by atoms with Gasteiger partial charge in [0.05, 0.1) is 0 Å². The third kappa shape index (κ3) is 2.32. The van der Waals surface area contributed by atoms with Crippen LogP contribution in [0.1, 0.15) is 13.8 Å². The van der Waals surface area contributed by atoms with Gasteiger partial charge in [-0.2, -0.15) is 0 Å². The van der Waals surface area contributed by atoms with E-state index in [0.717, 1.165) is 5.57 Å². The molecule has 0 spiro atoms. The summed E-state index contributed by atoms with van der Waals surface area (Å²) in [6.45, 7) is 4.05. The van der Waals surface area contributed by atoms with E-state index in [1.165, 1.54) is 0 Å². The van der Waals surface area contributed by atoms with Crippen molar-refractivity contribution in [1.29, 1.82) is 0 Å². The van der Waals surface area contributed by atoms with E-state index in [-0.39, 0.29) is 5.97 Å². The molecule has 1 rings (SSSR count). The molecule has 0 aromatic heterocycles. The van der Waals surface area contributed by atoms with E-state index in [1.54, 1.807) is 18.7 Å². The molecule has 0 N–H and O–H groups in total. The van der Waals surface area contributed by atoms with Gasteiger partial charge in [0.2, 0.25) is 0 Å². The van der Waals surface area contributed by atoms with Crippen LogP contribution in [0.15, 0.2) is 23.0 Å². The van der Waals surface area contributed by atoms with Crippen molar-refractivity contribution in [3.05, 3.63) is 23.0 Å². The summed E-state index contributed by atoms with van der Waals surface area (Å²) in [6.07, 6.45) is 3.83. The highest BCUT2D eigenvalue weighted by Crippen LogP contribution is 2.24. The van der Waals surface area contributed by atoms with Crippen molar-refractivity contribution in [1.82, 2.24) is 0 Å². The highest BCUT2D eigenvalue weighted by atomic mass is 32.2. The van der Waals surface area contributed by atoms with Gasteiger partial charge in [0, 0.05) is 5.57 Å². The van der Waals surface area contributed by atoms with Crippen LogP contribution in [-0.2, 0) is 14.3 Å². The van der Waals surface area contributed by atoms with E-state index in [0.29, 0.717) is 23.9 Å². The second kappa shape index (κ2) is 5.10. The number of hydrogen-bond acceptors (Lipinski definition) is 4. The van der Waals surface area contributed by atoms with E-state index < -0.39 is 0 Å². The zero-order chi connectivity index (χ0) is 10.6. The van der Waals surface area contributed by atoms with Crippen molar-refractivity contribution in [3.8, 4) is 0 Å². The van der Waals surface area contributed by atoms with Crippen LogP contribution in [0.2, 0.25) is 0 Å². The fourth-order valence-corrected chi connectivity index (χ4v) is 1.53. The molecule has 0 aromatic carbocycles. The predicted octanol–water partition coefficient (Wildman–Crippen LogP) is 2.10. The third-order valence-corrected chi connectivity index (χ3v) is 2.33. The van der Waals surface area contributed by atoms with E-state index in [1.807, 2.05) is 19.3 Å². The molecule has 0 atom stereocenters. The lowest BCUT2D eigenvalue weighted by Gasteiger charge is -2.06. The lowest BCUT2D eigenvalue weighted by atomic mass is 10.1. The number of hydrogen-bond donors (Lipinski definition) is 0. The number of esters is 1. The number of allylic oxidation sites excluding steroid dienone is 2. The van der Waals surface area contributed by atoms with Gasteiger partial charge in [0.1, 0.15) is 23.9 Å². The van der Waals surface area contributed by atoms with Crippen molar-refractivity contribution in [2.75, 3.05) is 18.8 Å². The van der Waals surface area contributed by atoms with Gasteiger partial charge in [0.25, 0.3) is 0 Å². The Morgan fingerprint density at radius 2 is 2.43 bits per heavy atom. The molecule has 1 aliphatic heterocycles. The Balaban J connectivity index is 2.85. The molecule has 78 valence electrons. The van der Waals surface area contributed by atoms with Gasteiger partial charge in [-0.25, -0.2) is 4.79 Å². The van der Waals surface area contributed by atoms with Crippen LogP contribution in [0.25, 0.3) is 0 Å². The van der Waals surface area contributed by atoms with Gasteiger partial charge < -0.3 is 9.47 Å². The molecule has 1 aliphatic rings. The first-order valence-electron chi connectivity index (χ1n) is 4.36. The monoisotopic (exact) mass is 214 g/mol. The van der Waals surface area contributed by atoms with Crippen molar-refractivity contribution in [3.63, 3.8) is 0 Å². The molecule has 0 amide bonds. The molecular weight excluding hydrogens is 200 g/mol. The standard InChI is InChI=1S/C10H14O3S/c1-4-8-5-12-10(11)9(8)7(2)13-6-14-3/h4H,5-6H2,1-3H3/b8-4+,9-7-. The first kappa shape index (κ1) is 11.2. The fraction of sp³-hybridized carbons (Fsp3) is 0.500. The van der Waals surface area contributed by atoms with Gasteiger partial charge in [-0.1, -0.05) is 6.08 Å². The van der Waals surface area contributed by atoms with Crippen LogP contribution in [0.5, 0.6) is 0 Å². The Morgan fingerprint density at radius 3 is 3.00 bits per heavy atom. The highest BCUT2D eigenvalue weighted by Gasteiger charge is 2.27. The number of rotatable bonds is 3. The molecule has 0 unspecified atom stereocenters. The predicted molar refractivity (Wildman–Crippen MR) is 56.9 cm³/mol. The zero-order valence-corrected chi connectivity index (χ0v) is 9.44. The van der Waals surface area contributed by atoms with Crippen LogP contribution in [0, 0.1) is 0 Å². The van der Waals surface area contributed by atoms with Gasteiger partial charge >= 0.3 is 5.97 Å². The number of thioether (sulfide) groups is 1. The molecule has 14 heavy (non-hydrogen) atoms. The Bertz CT molecular complexity index is 292. The SMILES string of the molecule is C/C=C1\COC(=O)\C1=C(\C)OCSC. The second-order valence-electron chi connectivity index (χ2n) is 2.87. The van der Waals surface area contributed by atoms with Gasteiger partial charge in [-0.3, -0.25) is 0 Å². The molecule has 3 nitrogen and oxygen atoms in total. The molecule has 0 saturated carbocycles. The number of cyclic esters (lactones) is 1.